The maximum Gasteiger partial charge on any atom is 0.225 e. The number of hydrogen-bond acceptors (Lipinski definition) is 1. The van der Waals surface area contributed by atoms with E-state index in [1.165, 1.54) is 19.3 Å². The van der Waals surface area contributed by atoms with Crippen LogP contribution in [0.4, 0.5) is 0 Å². The van der Waals surface area contributed by atoms with Gasteiger partial charge in [0.25, 0.3) is 0 Å². The molecular weight excluding hydrogens is 162 g/mol. The molecule has 0 aromatic carbocycles. The minimum Gasteiger partial charge on any atom is -0.351 e. The number of hydrogen-bond donors (Lipinski definition) is 1. The first-order valence-corrected chi connectivity index (χ1v) is 5.11. The van der Waals surface area contributed by atoms with Gasteiger partial charge < -0.3 is 5.32 Å². The first-order chi connectivity index (χ1) is 5.98. The lowest BCUT2D eigenvalue weighted by Crippen LogP contribution is -2.32. The number of unbranched alkanes of at least 4 members (excludes halogenated alkanes) is 3. The van der Waals surface area contributed by atoms with Gasteiger partial charge in [0, 0.05) is 12.0 Å². The van der Waals surface area contributed by atoms with Gasteiger partial charge in [-0.05, 0) is 6.42 Å². The molecule has 2 nitrogen and oxygen atoms in total. The van der Waals surface area contributed by atoms with E-state index in [9.17, 15) is 4.79 Å². The molecule has 0 aliphatic rings. The van der Waals surface area contributed by atoms with Crippen LogP contribution >= 0.6 is 0 Å². The van der Waals surface area contributed by atoms with Crippen molar-refractivity contribution in [1.29, 1.82) is 0 Å². The van der Waals surface area contributed by atoms with Gasteiger partial charge in [-0.2, -0.15) is 0 Å². The third kappa shape index (κ3) is 6.62. The lowest BCUT2D eigenvalue weighted by Gasteiger charge is -2.17. The van der Waals surface area contributed by atoms with Crippen LogP contribution in [0.3, 0.4) is 0 Å². The topological polar surface area (TPSA) is 29.1 Å². The third-order valence-corrected chi connectivity index (χ3v) is 1.87. The van der Waals surface area contributed by atoms with Crippen LogP contribution in [-0.2, 0) is 4.79 Å². The quantitative estimate of drug-likeness (QED) is 0.654. The molecular formula is C11H22NO. The van der Waals surface area contributed by atoms with Crippen molar-refractivity contribution in [3.63, 3.8) is 0 Å². The molecule has 0 atom stereocenters. The van der Waals surface area contributed by atoms with E-state index in [1.54, 1.807) is 0 Å². The summed E-state index contributed by atoms with van der Waals surface area (Å²) in [6, 6.07) is 0. The van der Waals surface area contributed by atoms with E-state index in [2.05, 4.69) is 12.2 Å². The zero-order valence-electron chi connectivity index (χ0n) is 9.31. The summed E-state index contributed by atoms with van der Waals surface area (Å²) >= 11 is 0. The summed E-state index contributed by atoms with van der Waals surface area (Å²) in [6.45, 7) is 9.81. The molecule has 0 aromatic rings. The number of carbonyl (C=O) groups is 1. The normalized spacial score (nSPS) is 11.4. The first kappa shape index (κ1) is 12.5. The summed E-state index contributed by atoms with van der Waals surface area (Å²) in [5, 5.41) is 2.82. The van der Waals surface area contributed by atoms with Crippen molar-refractivity contribution in [1.82, 2.24) is 5.32 Å². The maximum absolute atomic E-state index is 11.4. The summed E-state index contributed by atoms with van der Waals surface area (Å²) in [6.07, 6.45) is 4.61. The van der Waals surface area contributed by atoms with Gasteiger partial charge in [-0.1, -0.05) is 47.0 Å². The molecule has 0 spiro atoms. The zero-order valence-corrected chi connectivity index (χ0v) is 9.31. The van der Waals surface area contributed by atoms with Crippen LogP contribution in [-0.4, -0.2) is 5.91 Å². The van der Waals surface area contributed by atoms with E-state index in [0.29, 0.717) is 0 Å². The minimum absolute atomic E-state index is 0.101. The second kappa shape index (κ2) is 6.01. The molecule has 13 heavy (non-hydrogen) atoms. The predicted molar refractivity (Wildman–Crippen MR) is 56.0 cm³/mol. The smallest absolute Gasteiger partial charge is 0.225 e. The van der Waals surface area contributed by atoms with E-state index < -0.39 is 0 Å². The van der Waals surface area contributed by atoms with Crippen molar-refractivity contribution in [2.45, 2.75) is 53.4 Å². The van der Waals surface area contributed by atoms with Crippen LogP contribution in [0.2, 0.25) is 0 Å². The lowest BCUT2D eigenvalue weighted by molar-refractivity contribution is -0.127. The van der Waals surface area contributed by atoms with Crippen LogP contribution in [0.1, 0.15) is 53.4 Å². The molecule has 77 valence electrons. The molecule has 1 N–H and O–H groups in total. The molecule has 0 aromatic heterocycles. The Morgan fingerprint density at radius 2 is 1.92 bits per heavy atom. The fourth-order valence-electron chi connectivity index (χ4n) is 0.878. The van der Waals surface area contributed by atoms with Crippen LogP contribution in [0.15, 0.2) is 0 Å². The van der Waals surface area contributed by atoms with Gasteiger partial charge in [0.1, 0.15) is 0 Å². The number of carbonyl (C=O) groups excluding carboxylic acids is 1. The van der Waals surface area contributed by atoms with E-state index in [0.717, 1.165) is 6.42 Å². The van der Waals surface area contributed by atoms with Crippen molar-refractivity contribution in [2.75, 3.05) is 0 Å². The molecule has 0 aliphatic heterocycles. The van der Waals surface area contributed by atoms with Gasteiger partial charge in [-0.25, -0.2) is 0 Å². The Balaban J connectivity index is 3.38. The molecule has 0 aliphatic carbocycles. The predicted octanol–water partition coefficient (Wildman–Crippen LogP) is 2.89. The highest BCUT2D eigenvalue weighted by Crippen LogP contribution is 2.12. The van der Waals surface area contributed by atoms with E-state index in [4.69, 9.17) is 0 Å². The van der Waals surface area contributed by atoms with Gasteiger partial charge in [0.05, 0.1) is 0 Å². The highest BCUT2D eigenvalue weighted by atomic mass is 16.2. The van der Waals surface area contributed by atoms with Crippen molar-refractivity contribution in [2.24, 2.45) is 5.41 Å². The molecule has 0 fully saturated rings. The Morgan fingerprint density at radius 3 is 2.38 bits per heavy atom. The van der Waals surface area contributed by atoms with Gasteiger partial charge in [0.15, 0.2) is 0 Å². The molecule has 0 rings (SSSR count). The molecule has 0 saturated carbocycles. The first-order valence-electron chi connectivity index (χ1n) is 5.11. The van der Waals surface area contributed by atoms with Gasteiger partial charge in [0.2, 0.25) is 5.91 Å². The molecule has 0 saturated heterocycles. The van der Waals surface area contributed by atoms with Crippen molar-refractivity contribution >= 4 is 5.91 Å². The SMILES string of the molecule is CCCCC[CH]NC(=O)C(C)(C)C. The van der Waals surface area contributed by atoms with Crippen LogP contribution in [0.5, 0.6) is 0 Å². The van der Waals surface area contributed by atoms with Gasteiger partial charge in [-0.3, -0.25) is 4.79 Å². The molecule has 0 heterocycles. The van der Waals surface area contributed by atoms with Crippen LogP contribution < -0.4 is 5.32 Å². The Hall–Kier alpha value is -0.530. The average Bonchev–Trinajstić information content (AvgIpc) is 2.02. The summed E-state index contributed by atoms with van der Waals surface area (Å²) in [7, 11) is 0. The summed E-state index contributed by atoms with van der Waals surface area (Å²) in [5.74, 6) is 0.101. The Kier molecular flexibility index (Phi) is 5.76. The van der Waals surface area contributed by atoms with E-state index in [-0.39, 0.29) is 11.3 Å². The Morgan fingerprint density at radius 1 is 1.31 bits per heavy atom. The second-order valence-electron chi connectivity index (χ2n) is 4.42. The highest BCUT2D eigenvalue weighted by molar-refractivity contribution is 5.81. The average molecular weight is 184 g/mol. The van der Waals surface area contributed by atoms with E-state index in [1.807, 2.05) is 27.3 Å². The summed E-state index contributed by atoms with van der Waals surface area (Å²) in [5.41, 5.74) is -0.277. The standard InChI is InChI=1S/C11H22NO/c1-5-6-7-8-9-12-10(13)11(2,3)4/h9H,5-8H2,1-4H3,(H,12,13). The van der Waals surface area contributed by atoms with Gasteiger partial charge in [-0.15, -0.1) is 0 Å². The van der Waals surface area contributed by atoms with Crippen LogP contribution in [0, 0.1) is 12.0 Å². The van der Waals surface area contributed by atoms with E-state index >= 15 is 0 Å². The third-order valence-electron chi connectivity index (χ3n) is 1.87. The lowest BCUT2D eigenvalue weighted by atomic mass is 9.96. The second-order valence-corrected chi connectivity index (χ2v) is 4.42. The zero-order chi connectivity index (χ0) is 10.3. The number of rotatable bonds is 5. The summed E-state index contributed by atoms with van der Waals surface area (Å²) < 4.78 is 0. The van der Waals surface area contributed by atoms with Crippen molar-refractivity contribution in [3.8, 4) is 0 Å². The fourth-order valence-corrected chi connectivity index (χ4v) is 0.878. The largest absolute Gasteiger partial charge is 0.351 e. The van der Waals surface area contributed by atoms with Gasteiger partial charge >= 0.3 is 0 Å². The Labute approximate surface area is 82.1 Å². The minimum atomic E-state index is -0.277. The van der Waals surface area contributed by atoms with Crippen molar-refractivity contribution in [3.05, 3.63) is 6.54 Å². The Bertz CT molecular complexity index is 147. The summed E-state index contributed by atoms with van der Waals surface area (Å²) in [4.78, 5) is 11.4. The maximum atomic E-state index is 11.4. The van der Waals surface area contributed by atoms with Crippen molar-refractivity contribution < 1.29 is 4.79 Å². The van der Waals surface area contributed by atoms with Crippen LogP contribution in [0.25, 0.3) is 0 Å². The number of nitrogens with one attached hydrogen (secondary N) is 1. The number of amides is 1. The molecule has 2 heteroatoms. The fraction of sp³-hybridized carbons (Fsp3) is 0.818. The molecule has 0 unspecified atom stereocenters. The molecule has 1 amide bonds. The molecule has 1 radical (unpaired) electrons. The molecule has 0 bridgehead atoms. The highest BCUT2D eigenvalue weighted by Gasteiger charge is 2.20. The monoisotopic (exact) mass is 184 g/mol.